The van der Waals surface area contributed by atoms with Gasteiger partial charge in [-0.15, -0.1) is 0 Å². The molecule has 6 nitrogen and oxygen atoms in total. The Balaban J connectivity index is 0.000000394. The maximum Gasteiger partial charge on any atom is 0.335 e. The number of aliphatic hydroxyl groups is 2. The fourth-order valence-corrected chi connectivity index (χ4v) is 1.62. The number of aromatic carboxylic acids is 2. The molecule has 0 fully saturated rings. The molecule has 0 aliphatic rings. The third-order valence-corrected chi connectivity index (χ3v) is 4.25. The van der Waals surface area contributed by atoms with Crippen molar-refractivity contribution < 1.29 is 30.0 Å². The molecule has 0 saturated heterocycles. The number of carbonyl (C=O) groups is 2. The first-order valence-corrected chi connectivity index (χ1v) is 8.97. The molecule has 0 amide bonds. The van der Waals surface area contributed by atoms with Gasteiger partial charge in [0, 0.05) is 10.0 Å². The number of hydrogen-bond acceptors (Lipinski definition) is 4. The van der Waals surface area contributed by atoms with Crippen LogP contribution in [0.5, 0.6) is 0 Å². The largest absolute Gasteiger partial charge is 0.478 e. The minimum Gasteiger partial charge on any atom is -0.478 e. The molecule has 2 rings (SSSR count). The predicted molar refractivity (Wildman–Crippen MR) is 109 cm³/mol. The third kappa shape index (κ3) is 10.3. The van der Waals surface area contributed by atoms with Crippen LogP contribution < -0.4 is 0 Å². The molecular formula is C20H24Cl2O6. The molecule has 8 heteroatoms. The first-order chi connectivity index (χ1) is 12.9. The van der Waals surface area contributed by atoms with Crippen molar-refractivity contribution in [3.63, 3.8) is 0 Å². The van der Waals surface area contributed by atoms with E-state index in [1.807, 2.05) is 13.8 Å². The SMILES string of the molecule is CC(C)C(C)(O)CO.O=C(O)c1ccc(Cl)cc1.O=C(O)c1ccc(Cl)cc1. The van der Waals surface area contributed by atoms with Crippen LogP contribution in [0.2, 0.25) is 10.0 Å². The van der Waals surface area contributed by atoms with Crippen molar-refractivity contribution in [1.29, 1.82) is 0 Å². The van der Waals surface area contributed by atoms with Crippen LogP contribution in [0.1, 0.15) is 41.5 Å². The fraction of sp³-hybridized carbons (Fsp3) is 0.300. The van der Waals surface area contributed by atoms with Gasteiger partial charge in [-0.2, -0.15) is 0 Å². The Morgan fingerprint density at radius 3 is 1.29 bits per heavy atom. The Kier molecular flexibility index (Phi) is 11.4. The molecule has 1 atom stereocenters. The Hall–Kier alpha value is -2.12. The minimum absolute atomic E-state index is 0.118. The van der Waals surface area contributed by atoms with Gasteiger partial charge in [0.25, 0.3) is 0 Å². The summed E-state index contributed by atoms with van der Waals surface area (Å²) in [5.74, 6) is -1.75. The topological polar surface area (TPSA) is 115 Å². The van der Waals surface area contributed by atoms with Gasteiger partial charge in [0.1, 0.15) is 0 Å². The van der Waals surface area contributed by atoms with E-state index in [0.29, 0.717) is 10.0 Å². The quantitative estimate of drug-likeness (QED) is 0.568. The first kappa shape index (κ1) is 25.9. The van der Waals surface area contributed by atoms with E-state index >= 15 is 0 Å². The number of benzene rings is 2. The van der Waals surface area contributed by atoms with Gasteiger partial charge in [0.2, 0.25) is 0 Å². The van der Waals surface area contributed by atoms with E-state index in [-0.39, 0.29) is 23.7 Å². The smallest absolute Gasteiger partial charge is 0.335 e. The molecule has 0 bridgehead atoms. The molecule has 0 spiro atoms. The van der Waals surface area contributed by atoms with Crippen LogP contribution in [-0.4, -0.2) is 44.6 Å². The summed E-state index contributed by atoms with van der Waals surface area (Å²) in [6.07, 6.45) is 0. The molecule has 154 valence electrons. The van der Waals surface area contributed by atoms with Crippen LogP contribution in [0.15, 0.2) is 48.5 Å². The highest BCUT2D eigenvalue weighted by molar-refractivity contribution is 6.30. The van der Waals surface area contributed by atoms with Crippen LogP contribution in [0.25, 0.3) is 0 Å². The predicted octanol–water partition coefficient (Wildman–Crippen LogP) is 4.46. The van der Waals surface area contributed by atoms with E-state index in [2.05, 4.69) is 0 Å². The van der Waals surface area contributed by atoms with Crippen molar-refractivity contribution in [2.24, 2.45) is 5.92 Å². The van der Waals surface area contributed by atoms with Gasteiger partial charge in [0.05, 0.1) is 23.3 Å². The molecule has 1 unspecified atom stereocenters. The van der Waals surface area contributed by atoms with E-state index in [0.717, 1.165) is 0 Å². The highest BCUT2D eigenvalue weighted by Crippen LogP contribution is 2.13. The maximum absolute atomic E-state index is 10.3. The second-order valence-electron chi connectivity index (χ2n) is 6.29. The Morgan fingerprint density at radius 2 is 1.14 bits per heavy atom. The average Bonchev–Trinajstić information content (AvgIpc) is 2.63. The van der Waals surface area contributed by atoms with E-state index in [9.17, 15) is 9.59 Å². The zero-order valence-corrected chi connectivity index (χ0v) is 17.3. The summed E-state index contributed by atoms with van der Waals surface area (Å²) in [7, 11) is 0. The van der Waals surface area contributed by atoms with Gasteiger partial charge in [-0.1, -0.05) is 37.0 Å². The lowest BCUT2D eigenvalue weighted by Crippen LogP contribution is -2.34. The second kappa shape index (κ2) is 12.4. The fourth-order valence-electron chi connectivity index (χ4n) is 1.37. The highest BCUT2D eigenvalue weighted by Gasteiger charge is 2.22. The zero-order valence-electron chi connectivity index (χ0n) is 15.8. The second-order valence-corrected chi connectivity index (χ2v) is 7.17. The number of carboxylic acid groups (broad SMARTS) is 2. The number of rotatable bonds is 4. The molecule has 2 aromatic rings. The standard InChI is InChI=1S/2C7H5ClO2.C6H14O2/c2*8-6-3-1-5(2-4-6)7(9)10;1-5(2)6(3,8)4-7/h2*1-4H,(H,9,10);5,7-8H,4H2,1-3H3. The van der Waals surface area contributed by atoms with Crippen LogP contribution in [-0.2, 0) is 0 Å². The monoisotopic (exact) mass is 430 g/mol. The van der Waals surface area contributed by atoms with Gasteiger partial charge in [-0.05, 0) is 61.4 Å². The summed E-state index contributed by atoms with van der Waals surface area (Å²) in [5.41, 5.74) is -0.395. The summed E-state index contributed by atoms with van der Waals surface area (Å²) in [6.45, 7) is 5.20. The van der Waals surface area contributed by atoms with E-state index in [4.69, 9.17) is 43.6 Å². The minimum atomic E-state index is -0.934. The Bertz CT molecular complexity index is 685. The van der Waals surface area contributed by atoms with Gasteiger partial charge >= 0.3 is 11.9 Å². The number of aliphatic hydroxyl groups excluding tert-OH is 1. The van der Waals surface area contributed by atoms with Crippen molar-refractivity contribution in [2.75, 3.05) is 6.61 Å². The van der Waals surface area contributed by atoms with Gasteiger partial charge in [-0.3, -0.25) is 0 Å². The number of halogens is 2. The molecular weight excluding hydrogens is 407 g/mol. The van der Waals surface area contributed by atoms with Crippen molar-refractivity contribution in [1.82, 2.24) is 0 Å². The lowest BCUT2D eigenvalue weighted by molar-refractivity contribution is -0.0350. The molecule has 2 aromatic carbocycles. The van der Waals surface area contributed by atoms with Crippen LogP contribution >= 0.6 is 23.2 Å². The van der Waals surface area contributed by atoms with Crippen molar-refractivity contribution in [3.8, 4) is 0 Å². The first-order valence-electron chi connectivity index (χ1n) is 8.21. The zero-order chi connectivity index (χ0) is 21.9. The average molecular weight is 431 g/mol. The number of carboxylic acids is 2. The van der Waals surface area contributed by atoms with Crippen LogP contribution in [0, 0.1) is 5.92 Å². The van der Waals surface area contributed by atoms with E-state index in [1.54, 1.807) is 31.2 Å². The summed E-state index contributed by atoms with van der Waals surface area (Å²) in [5, 5.41) is 35.6. The maximum atomic E-state index is 10.3. The summed E-state index contributed by atoms with van der Waals surface area (Å²) in [4.78, 5) is 20.5. The van der Waals surface area contributed by atoms with Gasteiger partial charge in [0.15, 0.2) is 0 Å². The van der Waals surface area contributed by atoms with Gasteiger partial charge < -0.3 is 20.4 Å². The van der Waals surface area contributed by atoms with E-state index < -0.39 is 17.5 Å². The molecule has 0 heterocycles. The normalized spacial score (nSPS) is 12.0. The molecule has 4 N–H and O–H groups in total. The molecule has 0 aromatic heterocycles. The number of hydrogen-bond donors (Lipinski definition) is 4. The molecule has 0 radical (unpaired) electrons. The molecule has 0 saturated carbocycles. The molecule has 0 aliphatic carbocycles. The van der Waals surface area contributed by atoms with Crippen molar-refractivity contribution in [3.05, 3.63) is 69.7 Å². The van der Waals surface area contributed by atoms with Crippen molar-refractivity contribution in [2.45, 2.75) is 26.4 Å². The van der Waals surface area contributed by atoms with E-state index in [1.165, 1.54) is 24.3 Å². The van der Waals surface area contributed by atoms with Crippen molar-refractivity contribution >= 4 is 35.1 Å². The summed E-state index contributed by atoms with van der Waals surface area (Å²) < 4.78 is 0. The highest BCUT2D eigenvalue weighted by atomic mass is 35.5. The lowest BCUT2D eigenvalue weighted by atomic mass is 9.94. The summed E-state index contributed by atoms with van der Waals surface area (Å²) in [6, 6.07) is 12.0. The lowest BCUT2D eigenvalue weighted by Gasteiger charge is -2.24. The van der Waals surface area contributed by atoms with Gasteiger partial charge in [-0.25, -0.2) is 9.59 Å². The Labute approximate surface area is 174 Å². The third-order valence-electron chi connectivity index (χ3n) is 3.75. The van der Waals surface area contributed by atoms with Crippen LogP contribution in [0.4, 0.5) is 0 Å². The molecule has 28 heavy (non-hydrogen) atoms. The van der Waals surface area contributed by atoms with Crippen LogP contribution in [0.3, 0.4) is 0 Å². The Morgan fingerprint density at radius 1 is 0.857 bits per heavy atom. The summed E-state index contributed by atoms with van der Waals surface area (Å²) >= 11 is 11.0. The molecule has 0 aliphatic heterocycles.